The molecule has 0 unspecified atom stereocenters. The molecule has 6 heteroatoms. The van der Waals surface area contributed by atoms with Crippen LogP contribution in [0, 0.1) is 5.92 Å². The molecule has 0 aliphatic carbocycles. The van der Waals surface area contributed by atoms with Crippen LogP contribution in [0.3, 0.4) is 0 Å². The molecular formula is C14H28BNO3Si. The highest BCUT2D eigenvalue weighted by atomic mass is 28.4. The lowest BCUT2D eigenvalue weighted by Gasteiger charge is -2.40. The second kappa shape index (κ2) is 5.81. The lowest BCUT2D eigenvalue weighted by molar-refractivity contribution is 0.0212. The number of oxime groups is 1. The van der Waals surface area contributed by atoms with Gasteiger partial charge in [0.1, 0.15) is 13.4 Å². The van der Waals surface area contributed by atoms with E-state index in [4.69, 9.17) is 22.2 Å². The van der Waals surface area contributed by atoms with Gasteiger partial charge in [-0.2, -0.15) is 0 Å². The first-order chi connectivity index (χ1) is 9.00. The van der Waals surface area contributed by atoms with Crippen molar-refractivity contribution in [2.45, 2.75) is 76.9 Å². The third-order valence-corrected chi connectivity index (χ3v) is 9.48. The topological polar surface area (TPSA) is 51.0 Å². The van der Waals surface area contributed by atoms with E-state index in [0.29, 0.717) is 6.42 Å². The molecule has 1 fully saturated rings. The zero-order valence-electron chi connectivity index (χ0n) is 13.8. The first-order valence-corrected chi connectivity index (χ1v) is 10.2. The van der Waals surface area contributed by atoms with Crippen molar-refractivity contribution in [3.8, 4) is 0 Å². The van der Waals surface area contributed by atoms with E-state index in [1.54, 1.807) is 0 Å². The van der Waals surface area contributed by atoms with Crippen molar-refractivity contribution in [1.29, 1.82) is 0 Å². The standard InChI is InChI=1S/C14H28BNO3Si/c1-8-14(9-16-17)10(2)11(12(15)18-14)19-20(6,7)13(3,4)5/h9-12,17H,8H2,1-7H3/b16-9+/t10-,11+,12+,14-/m0/s1. The molecule has 1 saturated heterocycles. The lowest BCUT2D eigenvalue weighted by Crippen LogP contribution is -2.48. The van der Waals surface area contributed by atoms with Gasteiger partial charge in [0.25, 0.3) is 0 Å². The molecule has 0 bridgehead atoms. The van der Waals surface area contributed by atoms with E-state index >= 15 is 0 Å². The van der Waals surface area contributed by atoms with Crippen molar-refractivity contribution < 1.29 is 14.4 Å². The van der Waals surface area contributed by atoms with Crippen molar-refractivity contribution in [2.75, 3.05) is 0 Å². The molecule has 1 heterocycles. The van der Waals surface area contributed by atoms with Crippen molar-refractivity contribution in [2.24, 2.45) is 11.1 Å². The maximum absolute atomic E-state index is 8.89. The predicted molar refractivity (Wildman–Crippen MR) is 85.2 cm³/mol. The van der Waals surface area contributed by atoms with Gasteiger partial charge in [0.15, 0.2) is 8.32 Å². The first kappa shape index (κ1) is 17.7. The van der Waals surface area contributed by atoms with Gasteiger partial charge in [0.05, 0.1) is 12.3 Å². The van der Waals surface area contributed by atoms with Crippen LogP contribution < -0.4 is 0 Å². The molecule has 0 aromatic carbocycles. The van der Waals surface area contributed by atoms with Crippen LogP contribution in [-0.4, -0.2) is 45.3 Å². The predicted octanol–water partition coefficient (Wildman–Crippen LogP) is 3.15. The second-order valence-corrected chi connectivity index (χ2v) is 12.0. The average Bonchev–Trinajstić information content (AvgIpc) is 2.53. The van der Waals surface area contributed by atoms with Gasteiger partial charge < -0.3 is 14.4 Å². The Hall–Kier alpha value is -0.328. The van der Waals surface area contributed by atoms with E-state index in [2.05, 4.69) is 45.9 Å². The highest BCUT2D eigenvalue weighted by molar-refractivity contribution is 6.74. The van der Waals surface area contributed by atoms with Crippen LogP contribution in [0.5, 0.6) is 0 Å². The average molecular weight is 297 g/mol. The molecule has 1 aliphatic rings. The molecule has 20 heavy (non-hydrogen) atoms. The number of rotatable bonds is 4. The fraction of sp³-hybridized carbons (Fsp3) is 0.929. The van der Waals surface area contributed by atoms with Gasteiger partial charge in [-0.3, -0.25) is 0 Å². The Kier molecular flexibility index (Phi) is 5.15. The molecule has 114 valence electrons. The Balaban J connectivity index is 2.98. The summed E-state index contributed by atoms with van der Waals surface area (Å²) < 4.78 is 12.3. The van der Waals surface area contributed by atoms with Crippen molar-refractivity contribution in [3.63, 3.8) is 0 Å². The zero-order chi connectivity index (χ0) is 15.8. The smallest absolute Gasteiger partial charge is 0.192 e. The summed E-state index contributed by atoms with van der Waals surface area (Å²) >= 11 is 0. The largest absolute Gasteiger partial charge is 0.412 e. The van der Waals surface area contributed by atoms with E-state index in [1.165, 1.54) is 6.21 Å². The van der Waals surface area contributed by atoms with Gasteiger partial charge in [0.2, 0.25) is 0 Å². The van der Waals surface area contributed by atoms with E-state index in [1.807, 2.05) is 6.92 Å². The van der Waals surface area contributed by atoms with E-state index in [0.717, 1.165) is 0 Å². The minimum Gasteiger partial charge on any atom is -0.412 e. The Morgan fingerprint density at radius 3 is 2.40 bits per heavy atom. The molecular weight excluding hydrogens is 269 g/mol. The molecule has 0 aromatic heterocycles. The second-order valence-electron chi connectivity index (χ2n) is 7.27. The third-order valence-electron chi connectivity index (χ3n) is 5.01. The van der Waals surface area contributed by atoms with Crippen LogP contribution in [0.4, 0.5) is 0 Å². The first-order valence-electron chi connectivity index (χ1n) is 7.30. The number of nitrogens with zero attached hydrogens (tertiary/aromatic N) is 1. The van der Waals surface area contributed by atoms with Crippen LogP contribution in [-0.2, 0) is 9.16 Å². The summed E-state index contributed by atoms with van der Waals surface area (Å²) in [5.74, 6) is 0.0486. The SMILES string of the molecule is [B][C@@H]1O[C@](/C=N/O)(CC)[C@@H](C)[C@H]1O[Si](C)(C)C(C)(C)C. The van der Waals surface area contributed by atoms with Crippen molar-refractivity contribution >= 4 is 22.4 Å². The van der Waals surface area contributed by atoms with E-state index in [9.17, 15) is 0 Å². The van der Waals surface area contributed by atoms with Gasteiger partial charge >= 0.3 is 0 Å². The fourth-order valence-electron chi connectivity index (χ4n) is 2.42. The summed E-state index contributed by atoms with van der Waals surface area (Å²) in [6, 6.07) is -0.489. The van der Waals surface area contributed by atoms with Crippen LogP contribution in [0.25, 0.3) is 0 Å². The number of hydrogen-bond acceptors (Lipinski definition) is 4. The third kappa shape index (κ3) is 3.12. The Morgan fingerprint density at radius 2 is 2.00 bits per heavy atom. The quantitative estimate of drug-likeness (QED) is 0.375. The van der Waals surface area contributed by atoms with Gasteiger partial charge in [-0.15, -0.1) is 0 Å². The summed E-state index contributed by atoms with van der Waals surface area (Å²) in [6.07, 6.45) is 1.98. The van der Waals surface area contributed by atoms with Gasteiger partial charge in [0, 0.05) is 11.9 Å². The Bertz CT molecular complexity index is 370. The van der Waals surface area contributed by atoms with E-state index < -0.39 is 19.9 Å². The summed E-state index contributed by atoms with van der Waals surface area (Å²) in [7, 11) is 4.21. The van der Waals surface area contributed by atoms with Crippen molar-refractivity contribution in [1.82, 2.24) is 0 Å². The molecule has 0 spiro atoms. The van der Waals surface area contributed by atoms with Gasteiger partial charge in [-0.05, 0) is 24.6 Å². The monoisotopic (exact) mass is 297 g/mol. The zero-order valence-corrected chi connectivity index (χ0v) is 14.8. The van der Waals surface area contributed by atoms with Gasteiger partial charge in [-0.25, -0.2) is 0 Å². The molecule has 2 radical (unpaired) electrons. The highest BCUT2D eigenvalue weighted by Crippen LogP contribution is 2.44. The van der Waals surface area contributed by atoms with Gasteiger partial charge in [-0.1, -0.05) is 39.8 Å². The maximum atomic E-state index is 8.89. The van der Waals surface area contributed by atoms with Crippen LogP contribution >= 0.6 is 0 Å². The molecule has 1 aliphatic heterocycles. The highest BCUT2D eigenvalue weighted by Gasteiger charge is 2.52. The fourth-order valence-corrected chi connectivity index (χ4v) is 3.79. The molecule has 1 rings (SSSR count). The van der Waals surface area contributed by atoms with E-state index in [-0.39, 0.29) is 17.1 Å². The molecule has 0 saturated carbocycles. The lowest BCUT2D eigenvalue weighted by atomic mass is 9.82. The maximum Gasteiger partial charge on any atom is 0.192 e. The molecule has 4 atom stereocenters. The number of ether oxygens (including phenoxy) is 1. The molecule has 4 nitrogen and oxygen atoms in total. The van der Waals surface area contributed by atoms with Crippen molar-refractivity contribution in [3.05, 3.63) is 0 Å². The summed E-state index contributed by atoms with van der Waals surface area (Å²) in [5.41, 5.74) is -0.638. The molecule has 1 N–H and O–H groups in total. The summed E-state index contributed by atoms with van der Waals surface area (Å²) in [5, 5.41) is 12.2. The Morgan fingerprint density at radius 1 is 1.45 bits per heavy atom. The molecule has 0 amide bonds. The summed E-state index contributed by atoms with van der Waals surface area (Å²) in [6.45, 7) is 15.1. The van der Waals surface area contributed by atoms with Crippen LogP contribution in [0.15, 0.2) is 5.16 Å². The Labute approximate surface area is 125 Å². The minimum atomic E-state index is -1.92. The number of hydrogen-bond donors (Lipinski definition) is 1. The van der Waals surface area contributed by atoms with Crippen LogP contribution in [0.1, 0.15) is 41.0 Å². The minimum absolute atomic E-state index is 0.0486. The normalized spacial score (nSPS) is 35.9. The molecule has 0 aromatic rings. The van der Waals surface area contributed by atoms with Crippen LogP contribution in [0.2, 0.25) is 18.1 Å². The summed E-state index contributed by atoms with van der Waals surface area (Å²) in [4.78, 5) is 0.